The minimum atomic E-state index is -0.344. The number of fused-ring (bicyclic) bond motifs is 1. The van der Waals surface area contributed by atoms with Gasteiger partial charge >= 0.3 is 0 Å². The van der Waals surface area contributed by atoms with Gasteiger partial charge in [-0.3, -0.25) is 14.6 Å². The first-order chi connectivity index (χ1) is 20.9. The number of rotatable bonds is 7. The molecule has 4 heterocycles. The van der Waals surface area contributed by atoms with Crippen molar-refractivity contribution in [2.24, 2.45) is 0 Å². The lowest BCUT2D eigenvalue weighted by atomic mass is 9.98. The third-order valence-corrected chi connectivity index (χ3v) is 7.10. The predicted octanol–water partition coefficient (Wildman–Crippen LogP) is 5.08. The standard InChI is InChI=1S/C33H28FN5O4/c34-26-6-3-22(4-7-26)28-17-24(29-8-5-23(19-36-29)33(41)39-11-13-42-14-12-39)15-25-16-27(43-32(25)28)20-38-31(40)10-2-21-1-9-30(35)37-18-21/h1-10,15-19H,11-14,20H2,(H2,35,37)(H,38,40)/b10-2+. The highest BCUT2D eigenvalue weighted by molar-refractivity contribution is 5.97. The third kappa shape index (κ3) is 6.44. The fraction of sp³-hybridized carbons (Fsp3) is 0.152. The first kappa shape index (κ1) is 27.8. The van der Waals surface area contributed by atoms with Crippen LogP contribution in [0.25, 0.3) is 39.4 Å². The monoisotopic (exact) mass is 577 g/mol. The molecule has 2 aromatic carbocycles. The van der Waals surface area contributed by atoms with Crippen molar-refractivity contribution in [2.45, 2.75) is 6.54 Å². The number of pyridine rings is 2. The number of hydrogen-bond donors (Lipinski definition) is 2. The number of aromatic nitrogens is 2. The minimum Gasteiger partial charge on any atom is -0.459 e. The number of nitrogens with zero attached hydrogens (tertiary/aromatic N) is 3. The lowest BCUT2D eigenvalue weighted by Gasteiger charge is -2.26. The Morgan fingerprint density at radius 3 is 2.49 bits per heavy atom. The summed E-state index contributed by atoms with van der Waals surface area (Å²) in [5, 5.41) is 3.62. The smallest absolute Gasteiger partial charge is 0.255 e. The molecule has 0 bridgehead atoms. The second-order valence-electron chi connectivity index (χ2n) is 10.1. The molecule has 43 heavy (non-hydrogen) atoms. The van der Waals surface area contributed by atoms with Crippen LogP contribution in [0.1, 0.15) is 21.7 Å². The van der Waals surface area contributed by atoms with E-state index < -0.39 is 0 Å². The van der Waals surface area contributed by atoms with Crippen molar-refractivity contribution in [3.63, 3.8) is 0 Å². The molecule has 5 aromatic rings. The van der Waals surface area contributed by atoms with Crippen molar-refractivity contribution >= 4 is 34.7 Å². The first-order valence-corrected chi connectivity index (χ1v) is 13.8. The first-order valence-electron chi connectivity index (χ1n) is 13.8. The van der Waals surface area contributed by atoms with E-state index in [9.17, 15) is 14.0 Å². The molecule has 2 amide bonds. The predicted molar refractivity (Wildman–Crippen MR) is 161 cm³/mol. The summed E-state index contributed by atoms with van der Waals surface area (Å²) in [6.07, 6.45) is 6.22. The maximum Gasteiger partial charge on any atom is 0.255 e. The van der Waals surface area contributed by atoms with Crippen LogP contribution in [0.15, 0.2) is 89.6 Å². The van der Waals surface area contributed by atoms with Crippen molar-refractivity contribution in [3.8, 4) is 22.4 Å². The summed E-state index contributed by atoms with van der Waals surface area (Å²) in [5.74, 6) is 0.232. The van der Waals surface area contributed by atoms with E-state index in [1.165, 1.54) is 18.2 Å². The van der Waals surface area contributed by atoms with E-state index in [2.05, 4.69) is 15.3 Å². The number of nitrogens with one attached hydrogen (secondary N) is 1. The number of nitrogens with two attached hydrogens (primary N) is 1. The molecule has 1 aliphatic heterocycles. The Balaban J connectivity index is 1.26. The van der Waals surface area contributed by atoms with Crippen molar-refractivity contribution in [1.82, 2.24) is 20.2 Å². The fourth-order valence-corrected chi connectivity index (χ4v) is 4.85. The van der Waals surface area contributed by atoms with Crippen LogP contribution in [0.5, 0.6) is 0 Å². The van der Waals surface area contributed by atoms with Crippen molar-refractivity contribution in [1.29, 1.82) is 0 Å². The lowest BCUT2D eigenvalue weighted by Crippen LogP contribution is -2.40. The number of carbonyl (C=O) groups excluding carboxylic acids is 2. The highest BCUT2D eigenvalue weighted by atomic mass is 19.1. The molecule has 3 N–H and O–H groups in total. The molecule has 0 aliphatic carbocycles. The number of benzene rings is 2. The highest BCUT2D eigenvalue weighted by Gasteiger charge is 2.19. The Labute approximate surface area is 246 Å². The van der Waals surface area contributed by atoms with Gasteiger partial charge in [-0.15, -0.1) is 0 Å². The minimum absolute atomic E-state index is 0.0775. The zero-order chi connectivity index (χ0) is 29.8. The molecule has 0 saturated carbocycles. The van der Waals surface area contributed by atoms with Crippen LogP contribution in [-0.4, -0.2) is 53.0 Å². The Morgan fingerprint density at radius 2 is 1.77 bits per heavy atom. The van der Waals surface area contributed by atoms with Gasteiger partial charge in [0.05, 0.1) is 31.0 Å². The summed E-state index contributed by atoms with van der Waals surface area (Å²) < 4.78 is 25.3. The Morgan fingerprint density at radius 1 is 0.953 bits per heavy atom. The Hall–Kier alpha value is -5.35. The van der Waals surface area contributed by atoms with Crippen molar-refractivity contribution < 1.29 is 23.1 Å². The van der Waals surface area contributed by atoms with Crippen molar-refractivity contribution in [2.75, 3.05) is 32.0 Å². The quantitative estimate of drug-likeness (QED) is 0.259. The molecule has 3 aromatic heterocycles. The summed E-state index contributed by atoms with van der Waals surface area (Å²) in [6.45, 7) is 2.32. The zero-order valence-corrected chi connectivity index (χ0v) is 23.1. The largest absolute Gasteiger partial charge is 0.459 e. The summed E-state index contributed by atoms with van der Waals surface area (Å²) in [6, 6.07) is 18.9. The number of amides is 2. The van der Waals surface area contributed by atoms with Gasteiger partial charge in [0.1, 0.15) is 23.0 Å². The van der Waals surface area contributed by atoms with Gasteiger partial charge in [-0.25, -0.2) is 9.37 Å². The second-order valence-corrected chi connectivity index (χ2v) is 10.1. The number of anilines is 1. The van der Waals surface area contributed by atoms with Crippen LogP contribution in [0, 0.1) is 5.82 Å². The van der Waals surface area contributed by atoms with E-state index in [0.717, 1.165) is 27.6 Å². The van der Waals surface area contributed by atoms with E-state index in [4.69, 9.17) is 14.9 Å². The van der Waals surface area contributed by atoms with Crippen LogP contribution in [-0.2, 0) is 16.1 Å². The van der Waals surface area contributed by atoms with Crippen LogP contribution in [0.4, 0.5) is 10.2 Å². The molecule has 0 unspecified atom stereocenters. The number of nitrogen functional groups attached to an aromatic ring is 1. The lowest BCUT2D eigenvalue weighted by molar-refractivity contribution is -0.116. The molecule has 1 saturated heterocycles. The summed E-state index contributed by atoms with van der Waals surface area (Å²) in [5.41, 5.74) is 10.4. The summed E-state index contributed by atoms with van der Waals surface area (Å²) in [4.78, 5) is 35.7. The van der Waals surface area contributed by atoms with E-state index in [-0.39, 0.29) is 24.2 Å². The van der Waals surface area contributed by atoms with E-state index in [1.54, 1.807) is 53.7 Å². The van der Waals surface area contributed by atoms with E-state index in [0.29, 0.717) is 54.7 Å². The Bertz CT molecular complexity index is 1790. The van der Waals surface area contributed by atoms with Crippen molar-refractivity contribution in [3.05, 3.63) is 108 Å². The highest BCUT2D eigenvalue weighted by Crippen LogP contribution is 2.35. The molecule has 0 radical (unpaired) electrons. The van der Waals surface area contributed by atoms with E-state index >= 15 is 0 Å². The molecule has 0 atom stereocenters. The second kappa shape index (κ2) is 12.3. The molecule has 216 valence electrons. The van der Waals surface area contributed by atoms with Gasteiger partial charge in [0.15, 0.2) is 0 Å². The van der Waals surface area contributed by atoms with Gasteiger partial charge in [-0.1, -0.05) is 12.1 Å². The number of furan rings is 1. The van der Waals surface area contributed by atoms with Gasteiger partial charge < -0.3 is 25.1 Å². The maximum atomic E-state index is 13.7. The van der Waals surface area contributed by atoms with Gasteiger partial charge in [0, 0.05) is 48.1 Å². The average Bonchev–Trinajstić information content (AvgIpc) is 3.47. The molecule has 10 heteroatoms. The van der Waals surface area contributed by atoms with E-state index in [1.807, 2.05) is 24.3 Å². The number of carbonyl (C=O) groups is 2. The van der Waals surface area contributed by atoms with Crippen LogP contribution in [0.2, 0.25) is 0 Å². The molecule has 1 fully saturated rings. The molecular weight excluding hydrogens is 549 g/mol. The summed E-state index contributed by atoms with van der Waals surface area (Å²) >= 11 is 0. The molecule has 1 aliphatic rings. The summed E-state index contributed by atoms with van der Waals surface area (Å²) in [7, 11) is 0. The SMILES string of the molecule is Nc1ccc(/C=C/C(=O)NCc2cc3cc(-c4ccc(C(=O)N5CCOCC5)cn4)cc(-c4ccc(F)cc4)c3o2)cn1. The zero-order valence-electron chi connectivity index (χ0n) is 23.1. The maximum absolute atomic E-state index is 13.7. The number of halogens is 1. The van der Waals surface area contributed by atoms with Gasteiger partial charge in [0.25, 0.3) is 5.91 Å². The fourth-order valence-electron chi connectivity index (χ4n) is 4.85. The van der Waals surface area contributed by atoms with Crippen LogP contribution >= 0.6 is 0 Å². The third-order valence-electron chi connectivity index (χ3n) is 7.10. The molecule has 9 nitrogen and oxygen atoms in total. The molecule has 6 rings (SSSR count). The topological polar surface area (TPSA) is 124 Å². The Kier molecular flexibility index (Phi) is 7.92. The molecule has 0 spiro atoms. The van der Waals surface area contributed by atoms with Crippen LogP contribution < -0.4 is 11.1 Å². The number of ether oxygens (including phenoxy) is 1. The normalized spacial score (nSPS) is 13.5. The van der Waals surface area contributed by atoms with Gasteiger partial charge in [-0.2, -0.15) is 0 Å². The average molecular weight is 578 g/mol. The van der Waals surface area contributed by atoms with Crippen LogP contribution in [0.3, 0.4) is 0 Å². The molecular formula is C33H28FN5O4. The van der Waals surface area contributed by atoms with Gasteiger partial charge in [0.2, 0.25) is 5.91 Å². The van der Waals surface area contributed by atoms with Gasteiger partial charge in [-0.05, 0) is 71.8 Å². The number of morpholine rings is 1. The number of hydrogen-bond acceptors (Lipinski definition) is 7.